The van der Waals surface area contributed by atoms with E-state index in [0.717, 1.165) is 37.3 Å². The lowest BCUT2D eigenvalue weighted by Crippen LogP contribution is -2.42. The molecule has 1 atom stereocenters. The molecule has 0 saturated carbocycles. The molecule has 0 aromatic carbocycles. The molecule has 0 radical (unpaired) electrons. The maximum Gasteiger partial charge on any atom is 0.237 e. The van der Waals surface area contributed by atoms with Crippen molar-refractivity contribution in [1.82, 2.24) is 10.2 Å². The van der Waals surface area contributed by atoms with Crippen LogP contribution in [0.3, 0.4) is 0 Å². The summed E-state index contributed by atoms with van der Waals surface area (Å²) in [4.78, 5) is 14.0. The van der Waals surface area contributed by atoms with Crippen molar-refractivity contribution >= 4 is 5.91 Å². The fourth-order valence-corrected chi connectivity index (χ4v) is 2.41. The Balaban J connectivity index is 2.14. The highest BCUT2D eigenvalue weighted by Gasteiger charge is 2.29. The summed E-state index contributed by atoms with van der Waals surface area (Å²) >= 11 is 0. The highest BCUT2D eigenvalue weighted by molar-refractivity contribution is 5.78. The van der Waals surface area contributed by atoms with Crippen molar-refractivity contribution in [2.45, 2.75) is 32.2 Å². The minimum absolute atomic E-state index is 0.123. The third kappa shape index (κ3) is 2.69. The number of likely N-dealkylation sites (N-methyl/N-ethyl adjacent to an activating group) is 1. The number of carbonyl (C=O) groups is 1. The fraction of sp³-hybridized carbons (Fsp3) is 0.615. The van der Waals surface area contributed by atoms with Gasteiger partial charge in [-0.1, -0.05) is 0 Å². The first-order chi connectivity index (χ1) is 8.22. The smallest absolute Gasteiger partial charge is 0.237 e. The van der Waals surface area contributed by atoms with E-state index < -0.39 is 0 Å². The van der Waals surface area contributed by atoms with Crippen molar-refractivity contribution in [1.29, 1.82) is 0 Å². The number of furan rings is 1. The molecule has 1 unspecified atom stereocenters. The van der Waals surface area contributed by atoms with E-state index in [9.17, 15) is 4.79 Å². The van der Waals surface area contributed by atoms with E-state index in [1.807, 2.05) is 24.0 Å². The third-order valence-electron chi connectivity index (χ3n) is 3.24. The molecule has 1 saturated heterocycles. The average Bonchev–Trinajstić information content (AvgIpc) is 2.76. The largest absolute Gasteiger partial charge is 0.464 e. The summed E-state index contributed by atoms with van der Waals surface area (Å²) in [5.41, 5.74) is 0. The number of amides is 1. The molecule has 2 heterocycles. The maximum absolute atomic E-state index is 12.0. The predicted octanol–water partition coefficient (Wildman–Crippen LogP) is 1.86. The Hall–Kier alpha value is -1.29. The van der Waals surface area contributed by atoms with Crippen LogP contribution in [-0.4, -0.2) is 30.9 Å². The highest BCUT2D eigenvalue weighted by Crippen LogP contribution is 2.31. The van der Waals surface area contributed by atoms with Gasteiger partial charge in [-0.25, -0.2) is 0 Å². The molecular formula is C13H20N2O2. The van der Waals surface area contributed by atoms with Crippen LogP contribution >= 0.6 is 0 Å². The summed E-state index contributed by atoms with van der Waals surface area (Å²) in [6.07, 6.45) is 3.25. The maximum atomic E-state index is 12.0. The summed E-state index contributed by atoms with van der Waals surface area (Å²) in [6, 6.07) is 4.08. The average molecular weight is 236 g/mol. The van der Waals surface area contributed by atoms with Crippen LogP contribution < -0.4 is 5.32 Å². The number of nitrogens with one attached hydrogen (secondary N) is 1. The van der Waals surface area contributed by atoms with E-state index in [1.165, 1.54) is 0 Å². The van der Waals surface area contributed by atoms with Gasteiger partial charge in [0, 0.05) is 6.54 Å². The predicted molar refractivity (Wildman–Crippen MR) is 65.7 cm³/mol. The van der Waals surface area contributed by atoms with Gasteiger partial charge in [0.2, 0.25) is 5.91 Å². The van der Waals surface area contributed by atoms with Crippen LogP contribution in [0.1, 0.15) is 36.8 Å². The second kappa shape index (κ2) is 5.36. The Kier molecular flexibility index (Phi) is 3.84. The van der Waals surface area contributed by atoms with Crippen LogP contribution in [0.2, 0.25) is 0 Å². The molecule has 1 amide bonds. The lowest BCUT2D eigenvalue weighted by molar-refractivity contribution is -0.134. The van der Waals surface area contributed by atoms with Gasteiger partial charge in [-0.3, -0.25) is 4.79 Å². The Bertz CT molecular complexity index is 387. The molecule has 0 aliphatic carbocycles. The molecule has 17 heavy (non-hydrogen) atoms. The van der Waals surface area contributed by atoms with Crippen LogP contribution in [0, 0.1) is 6.92 Å². The zero-order chi connectivity index (χ0) is 12.3. The van der Waals surface area contributed by atoms with Crippen LogP contribution in [0.4, 0.5) is 0 Å². The number of nitrogens with zero attached hydrogens (tertiary/aromatic N) is 1. The zero-order valence-corrected chi connectivity index (χ0v) is 10.5. The van der Waals surface area contributed by atoms with Crippen LogP contribution in [0.5, 0.6) is 0 Å². The van der Waals surface area contributed by atoms with Crippen molar-refractivity contribution in [3.05, 3.63) is 23.7 Å². The minimum Gasteiger partial charge on any atom is -0.464 e. The van der Waals surface area contributed by atoms with Gasteiger partial charge in [0.15, 0.2) is 0 Å². The van der Waals surface area contributed by atoms with Gasteiger partial charge in [-0.2, -0.15) is 0 Å². The molecule has 4 nitrogen and oxygen atoms in total. The molecular weight excluding hydrogens is 216 g/mol. The third-order valence-corrected chi connectivity index (χ3v) is 3.24. The first-order valence-corrected chi connectivity index (χ1v) is 6.23. The molecule has 1 aromatic heterocycles. The molecule has 2 rings (SSSR count). The normalized spacial score (nSPS) is 20.6. The van der Waals surface area contributed by atoms with Crippen LogP contribution in [-0.2, 0) is 4.79 Å². The Morgan fingerprint density at radius 1 is 1.53 bits per heavy atom. The molecule has 1 N–H and O–H groups in total. The SMILES string of the molecule is CNCC(=O)N1CCCCC1c1ccc(C)o1. The fourth-order valence-electron chi connectivity index (χ4n) is 2.41. The molecule has 1 aliphatic heterocycles. The van der Waals surface area contributed by atoms with Gasteiger partial charge in [0.05, 0.1) is 12.6 Å². The highest BCUT2D eigenvalue weighted by atomic mass is 16.3. The molecule has 94 valence electrons. The summed E-state index contributed by atoms with van der Waals surface area (Å²) in [5.74, 6) is 1.99. The topological polar surface area (TPSA) is 45.5 Å². The monoisotopic (exact) mass is 236 g/mol. The second-order valence-electron chi connectivity index (χ2n) is 4.58. The van der Waals surface area contributed by atoms with E-state index >= 15 is 0 Å². The van der Waals surface area contributed by atoms with Crippen molar-refractivity contribution in [3.63, 3.8) is 0 Å². The van der Waals surface area contributed by atoms with Crippen LogP contribution in [0.15, 0.2) is 16.5 Å². The first-order valence-electron chi connectivity index (χ1n) is 6.23. The van der Waals surface area contributed by atoms with Gasteiger partial charge in [-0.15, -0.1) is 0 Å². The Morgan fingerprint density at radius 3 is 3.00 bits per heavy atom. The van der Waals surface area contributed by atoms with Gasteiger partial charge < -0.3 is 14.6 Å². The van der Waals surface area contributed by atoms with E-state index in [-0.39, 0.29) is 11.9 Å². The number of carbonyl (C=O) groups excluding carboxylic acids is 1. The van der Waals surface area contributed by atoms with E-state index in [4.69, 9.17) is 4.42 Å². The quantitative estimate of drug-likeness (QED) is 0.871. The first kappa shape index (κ1) is 12.2. The van der Waals surface area contributed by atoms with Gasteiger partial charge >= 0.3 is 0 Å². The number of rotatable bonds is 3. The van der Waals surface area contributed by atoms with E-state index in [1.54, 1.807) is 7.05 Å². The lowest BCUT2D eigenvalue weighted by Gasteiger charge is -2.34. The number of likely N-dealkylation sites (tertiary alicyclic amines) is 1. The summed E-state index contributed by atoms with van der Waals surface area (Å²) in [6.45, 7) is 3.17. The lowest BCUT2D eigenvalue weighted by atomic mass is 10.00. The minimum atomic E-state index is 0.123. The molecule has 0 bridgehead atoms. The Morgan fingerprint density at radius 2 is 2.35 bits per heavy atom. The number of hydrogen-bond donors (Lipinski definition) is 1. The zero-order valence-electron chi connectivity index (χ0n) is 10.5. The van der Waals surface area contributed by atoms with Gasteiger partial charge in [-0.05, 0) is 45.4 Å². The molecule has 1 fully saturated rings. The van der Waals surface area contributed by atoms with E-state index in [0.29, 0.717) is 6.54 Å². The van der Waals surface area contributed by atoms with Crippen molar-refractivity contribution in [3.8, 4) is 0 Å². The van der Waals surface area contributed by atoms with Crippen molar-refractivity contribution < 1.29 is 9.21 Å². The van der Waals surface area contributed by atoms with Crippen molar-refractivity contribution in [2.24, 2.45) is 0 Å². The molecule has 1 aromatic rings. The van der Waals surface area contributed by atoms with Crippen molar-refractivity contribution in [2.75, 3.05) is 20.1 Å². The summed E-state index contributed by atoms with van der Waals surface area (Å²) in [5, 5.41) is 2.92. The van der Waals surface area contributed by atoms with Crippen LogP contribution in [0.25, 0.3) is 0 Å². The number of piperidine rings is 1. The standard InChI is InChI=1S/C13H20N2O2/c1-10-6-7-12(17-10)11-5-3-4-8-15(11)13(16)9-14-2/h6-7,11,14H,3-5,8-9H2,1-2H3. The van der Waals surface area contributed by atoms with E-state index in [2.05, 4.69) is 5.32 Å². The second-order valence-corrected chi connectivity index (χ2v) is 4.58. The molecule has 4 heteroatoms. The molecule has 0 spiro atoms. The summed E-state index contributed by atoms with van der Waals surface area (Å²) in [7, 11) is 1.80. The molecule has 1 aliphatic rings. The van der Waals surface area contributed by atoms with Gasteiger partial charge in [0.25, 0.3) is 0 Å². The number of hydrogen-bond acceptors (Lipinski definition) is 3. The number of aryl methyl sites for hydroxylation is 1. The Labute approximate surface area is 102 Å². The summed E-state index contributed by atoms with van der Waals surface area (Å²) < 4.78 is 5.67. The van der Waals surface area contributed by atoms with Gasteiger partial charge in [0.1, 0.15) is 11.5 Å².